The Morgan fingerprint density at radius 2 is 1.67 bits per heavy atom. The van der Waals surface area contributed by atoms with Crippen LogP contribution in [0.3, 0.4) is 0 Å². The van der Waals surface area contributed by atoms with Gasteiger partial charge in [-0.05, 0) is 19.1 Å². The van der Waals surface area contributed by atoms with Crippen molar-refractivity contribution >= 4 is 11.9 Å². The van der Waals surface area contributed by atoms with E-state index < -0.39 is 41.5 Å². The van der Waals surface area contributed by atoms with Crippen LogP contribution in [-0.2, 0) is 9.47 Å². The van der Waals surface area contributed by atoms with E-state index in [9.17, 15) is 18.4 Å². The van der Waals surface area contributed by atoms with E-state index in [-0.39, 0.29) is 0 Å². The maximum absolute atomic E-state index is 13.4. The Bertz CT molecular complexity index is 501. The van der Waals surface area contributed by atoms with Crippen molar-refractivity contribution in [2.75, 3.05) is 14.2 Å². The number of urea groups is 1. The molecule has 116 valence electrons. The molecule has 0 aliphatic carbocycles. The molecular weight excluding hydrogens is 286 g/mol. The number of hydrogen-bond donors (Lipinski definition) is 2. The Morgan fingerprint density at radius 3 is 2.14 bits per heavy atom. The summed E-state index contributed by atoms with van der Waals surface area (Å²) in [5.74, 6) is -3.29. The third kappa shape index (κ3) is 4.47. The molecule has 1 atom stereocenters. The first kappa shape index (κ1) is 17.0. The van der Waals surface area contributed by atoms with Crippen LogP contribution in [-0.4, -0.2) is 38.5 Å². The summed E-state index contributed by atoms with van der Waals surface area (Å²) in [6.07, 6.45) is -0.726. The summed E-state index contributed by atoms with van der Waals surface area (Å²) in [6.45, 7) is 1.57. The van der Waals surface area contributed by atoms with Crippen LogP contribution in [0.2, 0.25) is 0 Å². The number of nitrogens with one attached hydrogen (secondary N) is 2. The van der Waals surface area contributed by atoms with Crippen LogP contribution in [0.25, 0.3) is 0 Å². The highest BCUT2D eigenvalue weighted by atomic mass is 19.1. The lowest BCUT2D eigenvalue weighted by Crippen LogP contribution is -2.49. The molecule has 0 bridgehead atoms. The average Bonchev–Trinajstić information content (AvgIpc) is 2.39. The summed E-state index contributed by atoms with van der Waals surface area (Å²) in [7, 11) is 2.76. The van der Waals surface area contributed by atoms with Gasteiger partial charge in [-0.2, -0.15) is 0 Å². The van der Waals surface area contributed by atoms with Gasteiger partial charge in [-0.1, -0.05) is 6.07 Å². The Hall–Kier alpha value is -2.06. The fraction of sp³-hybridized carbons (Fsp3) is 0.385. The van der Waals surface area contributed by atoms with Gasteiger partial charge in [0, 0.05) is 14.2 Å². The molecule has 0 aliphatic rings. The molecule has 2 N–H and O–H groups in total. The maximum Gasteiger partial charge on any atom is 0.322 e. The number of amides is 3. The molecule has 0 saturated carbocycles. The topological polar surface area (TPSA) is 76.7 Å². The first-order chi connectivity index (χ1) is 9.90. The average molecular weight is 302 g/mol. The van der Waals surface area contributed by atoms with E-state index in [0.29, 0.717) is 0 Å². The van der Waals surface area contributed by atoms with Crippen LogP contribution in [0.15, 0.2) is 18.2 Å². The number of imide groups is 1. The number of methoxy groups -OCH3 is 2. The molecule has 1 aromatic rings. The number of rotatable bonds is 5. The van der Waals surface area contributed by atoms with Gasteiger partial charge in [0.25, 0.3) is 5.91 Å². The van der Waals surface area contributed by atoms with Crippen LogP contribution in [0.5, 0.6) is 0 Å². The summed E-state index contributed by atoms with van der Waals surface area (Å²) >= 11 is 0. The van der Waals surface area contributed by atoms with Crippen LogP contribution in [0.1, 0.15) is 17.3 Å². The zero-order valence-corrected chi connectivity index (χ0v) is 11.8. The Kier molecular flexibility index (Phi) is 6.19. The van der Waals surface area contributed by atoms with Gasteiger partial charge in [-0.15, -0.1) is 0 Å². The van der Waals surface area contributed by atoms with Gasteiger partial charge < -0.3 is 14.8 Å². The van der Waals surface area contributed by atoms with Crippen molar-refractivity contribution in [2.45, 2.75) is 19.3 Å². The van der Waals surface area contributed by atoms with Gasteiger partial charge in [-0.3, -0.25) is 10.1 Å². The van der Waals surface area contributed by atoms with E-state index in [1.807, 2.05) is 5.32 Å². The highest BCUT2D eigenvalue weighted by molar-refractivity contribution is 6.04. The molecule has 0 radical (unpaired) electrons. The van der Waals surface area contributed by atoms with E-state index in [4.69, 9.17) is 9.47 Å². The molecule has 0 unspecified atom stereocenters. The van der Waals surface area contributed by atoms with Gasteiger partial charge in [0.05, 0.1) is 6.04 Å². The van der Waals surface area contributed by atoms with Crippen molar-refractivity contribution in [3.8, 4) is 0 Å². The van der Waals surface area contributed by atoms with Gasteiger partial charge in [0.15, 0.2) is 6.29 Å². The predicted molar refractivity (Wildman–Crippen MR) is 69.6 cm³/mol. The summed E-state index contributed by atoms with van der Waals surface area (Å²) in [5.41, 5.74) is -0.824. The monoisotopic (exact) mass is 302 g/mol. The molecule has 21 heavy (non-hydrogen) atoms. The molecule has 0 aliphatic heterocycles. The van der Waals surface area contributed by atoms with E-state index in [1.54, 1.807) is 6.92 Å². The van der Waals surface area contributed by atoms with Crippen LogP contribution >= 0.6 is 0 Å². The van der Waals surface area contributed by atoms with Crippen molar-refractivity contribution in [3.63, 3.8) is 0 Å². The number of carbonyl (C=O) groups is 2. The molecular formula is C13H16F2N2O4. The predicted octanol–water partition coefficient (Wildman–Crippen LogP) is 1.41. The van der Waals surface area contributed by atoms with Crippen LogP contribution in [0, 0.1) is 11.6 Å². The molecule has 1 aromatic carbocycles. The van der Waals surface area contributed by atoms with Crippen molar-refractivity contribution in [1.29, 1.82) is 0 Å². The fourth-order valence-electron chi connectivity index (χ4n) is 1.70. The molecule has 6 nitrogen and oxygen atoms in total. The second-order valence-electron chi connectivity index (χ2n) is 4.15. The first-order valence-electron chi connectivity index (χ1n) is 6.02. The Balaban J connectivity index is 2.69. The smallest absolute Gasteiger partial charge is 0.322 e. The minimum absolute atomic E-state index is 0.585. The minimum atomic E-state index is -1.18. The van der Waals surface area contributed by atoms with E-state index in [1.165, 1.54) is 14.2 Å². The first-order valence-corrected chi connectivity index (χ1v) is 6.02. The lowest BCUT2D eigenvalue weighted by Gasteiger charge is -2.22. The van der Waals surface area contributed by atoms with Crippen molar-refractivity contribution < 1.29 is 27.8 Å². The second kappa shape index (κ2) is 7.65. The third-order valence-electron chi connectivity index (χ3n) is 2.65. The normalized spacial score (nSPS) is 12.1. The van der Waals surface area contributed by atoms with Crippen LogP contribution < -0.4 is 10.6 Å². The summed E-state index contributed by atoms with van der Waals surface area (Å²) in [6, 6.07) is 1.45. The Morgan fingerprint density at radius 1 is 1.14 bits per heavy atom. The molecule has 0 spiro atoms. The summed E-state index contributed by atoms with van der Waals surface area (Å²) in [4.78, 5) is 23.3. The molecule has 1 rings (SSSR count). The summed E-state index contributed by atoms with van der Waals surface area (Å²) in [5, 5.41) is 4.19. The SMILES string of the molecule is COC(OC)[C@@H](C)NC(=O)NC(=O)c1c(F)cccc1F. The molecule has 3 amide bonds. The quantitative estimate of drug-likeness (QED) is 0.806. The fourth-order valence-corrected chi connectivity index (χ4v) is 1.70. The standard InChI is InChI=1S/C13H16F2N2O4/c1-7(12(20-2)21-3)16-13(19)17-11(18)10-8(14)5-4-6-9(10)15/h4-7,12H,1-3H3,(H2,16,17,18,19)/t7-/m1/s1. The molecule has 0 fully saturated rings. The number of hydrogen-bond acceptors (Lipinski definition) is 4. The highest BCUT2D eigenvalue weighted by Gasteiger charge is 2.22. The number of carbonyl (C=O) groups excluding carboxylic acids is 2. The van der Waals surface area contributed by atoms with Crippen molar-refractivity contribution in [2.24, 2.45) is 0 Å². The minimum Gasteiger partial charge on any atom is -0.354 e. The zero-order chi connectivity index (χ0) is 16.0. The number of benzene rings is 1. The highest BCUT2D eigenvalue weighted by Crippen LogP contribution is 2.11. The molecule has 0 heterocycles. The largest absolute Gasteiger partial charge is 0.354 e. The second-order valence-corrected chi connectivity index (χ2v) is 4.15. The summed E-state index contributed by atoms with van der Waals surface area (Å²) < 4.78 is 36.6. The van der Waals surface area contributed by atoms with E-state index >= 15 is 0 Å². The van der Waals surface area contributed by atoms with E-state index in [2.05, 4.69) is 5.32 Å². The lowest BCUT2D eigenvalue weighted by atomic mass is 10.2. The van der Waals surface area contributed by atoms with Gasteiger partial charge in [0.1, 0.15) is 17.2 Å². The van der Waals surface area contributed by atoms with Crippen molar-refractivity contribution in [1.82, 2.24) is 10.6 Å². The molecule has 0 saturated heterocycles. The number of halogens is 2. The molecule has 8 heteroatoms. The maximum atomic E-state index is 13.4. The molecule has 0 aromatic heterocycles. The van der Waals surface area contributed by atoms with Gasteiger partial charge in [-0.25, -0.2) is 13.6 Å². The zero-order valence-electron chi connectivity index (χ0n) is 11.8. The Labute approximate surface area is 120 Å². The van der Waals surface area contributed by atoms with Crippen LogP contribution in [0.4, 0.5) is 13.6 Å². The van der Waals surface area contributed by atoms with Gasteiger partial charge in [0.2, 0.25) is 0 Å². The number of ether oxygens (including phenoxy) is 2. The van der Waals surface area contributed by atoms with E-state index in [0.717, 1.165) is 18.2 Å². The third-order valence-corrected chi connectivity index (χ3v) is 2.65. The van der Waals surface area contributed by atoms with Gasteiger partial charge >= 0.3 is 6.03 Å². The van der Waals surface area contributed by atoms with Crippen molar-refractivity contribution in [3.05, 3.63) is 35.4 Å². The lowest BCUT2D eigenvalue weighted by molar-refractivity contribution is -0.117.